The Morgan fingerprint density at radius 1 is 0.553 bits per heavy atom. The van der Waals surface area contributed by atoms with Gasteiger partial charge in [-0.05, 0) is 24.3 Å². The van der Waals surface area contributed by atoms with Crippen molar-refractivity contribution in [3.63, 3.8) is 0 Å². The van der Waals surface area contributed by atoms with Crippen LogP contribution in [0.15, 0.2) is 121 Å². The van der Waals surface area contributed by atoms with Crippen molar-refractivity contribution in [2.75, 3.05) is 0 Å². The topological polar surface area (TPSA) is 0 Å². The summed E-state index contributed by atoms with van der Waals surface area (Å²) in [7, 11) is -1.65. The van der Waals surface area contributed by atoms with E-state index in [4.69, 9.17) is 0 Å². The number of rotatable bonds is 4. The van der Waals surface area contributed by atoms with Crippen molar-refractivity contribution < 1.29 is 57.9 Å². The summed E-state index contributed by atoms with van der Waals surface area (Å²) in [6, 6.07) is 41.4. The van der Waals surface area contributed by atoms with Gasteiger partial charge >= 0.3 is 111 Å². The smallest absolute Gasteiger partial charge is 0.0408 e. The Morgan fingerprint density at radius 2 is 0.763 bits per heavy atom. The molecule has 0 nitrogen and oxygen atoms in total. The van der Waals surface area contributed by atoms with E-state index in [-0.39, 0.29) is 44.8 Å². The minimum atomic E-state index is -4.25. The van der Waals surface area contributed by atoms with Crippen LogP contribution in [0.5, 0.6) is 0 Å². The normalized spacial score (nSPS) is 12.0. The fourth-order valence-electron chi connectivity index (χ4n) is 3.26. The summed E-state index contributed by atoms with van der Waals surface area (Å²) in [6.07, 6.45) is -4.25. The SMILES string of the molecule is [Au].[Au].[CH2-]C(F)(F)F.[CH2-]P([CH2-])(I)(c1ccccc1)c1ccccc1.[CH2-][P+]([CH2-])(c1ccccc1)c1ccccc1. The van der Waals surface area contributed by atoms with Crippen molar-refractivity contribution in [1.29, 1.82) is 0 Å². The third kappa shape index (κ3) is 12.1. The first kappa shape index (κ1) is 37.7. The molecule has 0 heterocycles. The van der Waals surface area contributed by atoms with Gasteiger partial charge in [0.2, 0.25) is 0 Å². The second kappa shape index (κ2) is 16.3. The number of benzene rings is 4. The van der Waals surface area contributed by atoms with Gasteiger partial charge in [-0.3, -0.25) is 0 Å². The second-order valence-electron chi connectivity index (χ2n) is 8.30. The molecule has 8 heteroatoms. The van der Waals surface area contributed by atoms with Gasteiger partial charge in [0.25, 0.3) is 6.18 Å². The molecule has 0 amide bonds. The first-order valence-electron chi connectivity index (χ1n) is 10.9. The van der Waals surface area contributed by atoms with E-state index in [0.29, 0.717) is 0 Å². The van der Waals surface area contributed by atoms with E-state index >= 15 is 0 Å². The van der Waals surface area contributed by atoms with Crippen LogP contribution in [0, 0.1) is 33.6 Å². The molecule has 0 fully saturated rings. The van der Waals surface area contributed by atoms with E-state index in [9.17, 15) is 13.2 Å². The number of halogens is 4. The van der Waals surface area contributed by atoms with Crippen molar-refractivity contribution in [2.45, 2.75) is 6.18 Å². The van der Waals surface area contributed by atoms with Gasteiger partial charge < -0.3 is 0 Å². The van der Waals surface area contributed by atoms with Crippen molar-refractivity contribution in [3.05, 3.63) is 155 Å². The molecule has 0 saturated carbocycles. The summed E-state index contributed by atoms with van der Waals surface area (Å²) < 4.78 is 28.3. The third-order valence-electron chi connectivity index (χ3n) is 5.20. The Kier molecular flexibility index (Phi) is 16.1. The Balaban J connectivity index is 0.000000588. The van der Waals surface area contributed by atoms with Gasteiger partial charge in [0, 0.05) is 55.4 Å². The largest absolute Gasteiger partial charge is 0.199 e. The van der Waals surface area contributed by atoms with Crippen LogP contribution in [0.1, 0.15) is 0 Å². The van der Waals surface area contributed by atoms with Gasteiger partial charge in [-0.2, -0.15) is 20.6 Å². The summed E-state index contributed by atoms with van der Waals surface area (Å²) in [6.45, 7) is 19.3. The molecule has 2 radical (unpaired) electrons. The fraction of sp³-hybridized carbons (Fsp3) is 0.0333. The van der Waals surface area contributed by atoms with Crippen LogP contribution in [-0.2, 0) is 44.8 Å². The second-order valence-corrected chi connectivity index (χ2v) is 22.0. The standard InChI is InChI=1S/C14H14IP.C14H14P.C2H2F3.2Au/c1-16(2,15,13-9-5-3-6-10-13)14-11-7-4-8-12-14;1-15(2,13-9-5-3-6-10-13)14-11-7-4-8-12-14;1-2(3,4)5;;/h3-12H,1-2H2;3-12H,1-2H2;1H2;;/q-2;2*-1;;. The zero-order valence-corrected chi connectivity index (χ0v) is 28.9. The maximum atomic E-state index is 10.2. The first-order chi connectivity index (χ1) is 16.7. The van der Waals surface area contributed by atoms with Gasteiger partial charge in [-0.25, -0.2) is 20.1 Å². The predicted molar refractivity (Wildman–Crippen MR) is 165 cm³/mol. The Morgan fingerprint density at radius 3 is 1.00 bits per heavy atom. The summed E-state index contributed by atoms with van der Waals surface area (Å²) in [5, 5.41) is 4.97. The van der Waals surface area contributed by atoms with Gasteiger partial charge in [0.05, 0.1) is 0 Å². The molecule has 4 aromatic carbocycles. The minimum Gasteiger partial charge on any atom is -0.199 e. The predicted octanol–water partition coefficient (Wildman–Crippen LogP) is 8.74. The molecule has 0 bridgehead atoms. The van der Waals surface area contributed by atoms with Gasteiger partial charge in [0.15, 0.2) is 0 Å². The molecule has 0 N–H and O–H groups in total. The zero-order valence-electron chi connectivity index (χ0n) is 20.6. The maximum absolute atomic E-state index is 10.2. The number of hydrogen-bond acceptors (Lipinski definition) is 0. The molecule has 4 aromatic rings. The summed E-state index contributed by atoms with van der Waals surface area (Å²) >= 11 is 2.45. The van der Waals surface area contributed by atoms with Crippen LogP contribution in [0.3, 0.4) is 0 Å². The molecule has 0 unspecified atom stereocenters. The molecule has 4 rings (SSSR count). The third-order valence-corrected chi connectivity index (χ3v) is 14.1. The fourth-order valence-corrected chi connectivity index (χ4v) is 8.99. The van der Waals surface area contributed by atoms with Crippen LogP contribution in [-0.4, -0.2) is 6.18 Å². The van der Waals surface area contributed by atoms with E-state index < -0.39 is 17.7 Å². The van der Waals surface area contributed by atoms with E-state index in [2.05, 4.69) is 121 Å². The maximum Gasteiger partial charge on any atom is 0.0408 e. The van der Waals surface area contributed by atoms with Gasteiger partial charge in [-0.15, -0.1) is 0 Å². The minimum absolute atomic E-state index is 0. The molecular formula is C30H30Au2F3IP2-4. The summed E-state index contributed by atoms with van der Waals surface area (Å²) in [5.41, 5.74) is 0. The molecule has 38 heavy (non-hydrogen) atoms. The zero-order chi connectivity index (χ0) is 26.9. The quantitative estimate of drug-likeness (QED) is 0.0832. The molecule has 0 saturated heterocycles. The van der Waals surface area contributed by atoms with Crippen molar-refractivity contribution in [2.24, 2.45) is 0 Å². The molecule has 0 spiro atoms. The summed E-state index contributed by atoms with van der Waals surface area (Å²) in [5.74, 6) is 0. The molecule has 0 atom stereocenters. The van der Waals surface area contributed by atoms with E-state index in [1.54, 1.807) is 6.92 Å². The van der Waals surface area contributed by atoms with Crippen LogP contribution < -0.4 is 21.2 Å². The molecule has 0 aromatic heterocycles. The Hall–Kier alpha value is -0.259. The van der Waals surface area contributed by atoms with Crippen molar-refractivity contribution >= 4 is 54.8 Å². The van der Waals surface area contributed by atoms with Crippen LogP contribution >= 0.6 is 33.5 Å². The van der Waals surface area contributed by atoms with Gasteiger partial charge in [0.1, 0.15) is 0 Å². The molecular weight excluding hydrogens is 1000 g/mol. The Bertz CT molecular complexity index is 1090. The average molecular weight is 1030 g/mol. The van der Waals surface area contributed by atoms with Gasteiger partial charge in [-0.1, -0.05) is 36.4 Å². The van der Waals surface area contributed by atoms with Crippen LogP contribution in [0.2, 0.25) is 0 Å². The van der Waals surface area contributed by atoms with E-state index in [1.807, 2.05) is 48.5 Å². The molecule has 214 valence electrons. The van der Waals surface area contributed by atoms with E-state index in [1.165, 1.54) is 21.2 Å². The monoisotopic (exact) mass is 1030 g/mol. The number of alkyl halides is 3. The number of hydrogen-bond donors (Lipinski definition) is 0. The van der Waals surface area contributed by atoms with Crippen LogP contribution in [0.25, 0.3) is 0 Å². The van der Waals surface area contributed by atoms with Crippen LogP contribution in [0.4, 0.5) is 13.2 Å². The van der Waals surface area contributed by atoms with E-state index in [0.717, 1.165) is 0 Å². The first-order valence-corrected chi connectivity index (χ1v) is 18.4. The molecule has 0 aliphatic carbocycles. The molecule has 0 aliphatic rings. The summed E-state index contributed by atoms with van der Waals surface area (Å²) in [4.78, 5) is 0. The Labute approximate surface area is 271 Å². The molecule has 0 aliphatic heterocycles. The van der Waals surface area contributed by atoms with Crippen molar-refractivity contribution in [3.8, 4) is 0 Å². The van der Waals surface area contributed by atoms with Crippen molar-refractivity contribution in [1.82, 2.24) is 0 Å². The average Bonchev–Trinajstić information content (AvgIpc) is 2.85.